The molecule has 1 heterocycles. The number of methoxy groups -OCH3 is 1. The van der Waals surface area contributed by atoms with E-state index in [2.05, 4.69) is 10.1 Å². The Hall–Kier alpha value is -1.86. The van der Waals surface area contributed by atoms with Gasteiger partial charge in [-0.25, -0.2) is 4.98 Å². The molecule has 1 aromatic heterocycles. The summed E-state index contributed by atoms with van der Waals surface area (Å²) in [5, 5.41) is 11.4. The lowest BCUT2D eigenvalue weighted by molar-refractivity contribution is 0.0537. The van der Waals surface area contributed by atoms with Gasteiger partial charge in [0, 0.05) is 24.9 Å². The number of rotatable bonds is 8. The van der Waals surface area contributed by atoms with Crippen LogP contribution in [-0.2, 0) is 9.47 Å². The Bertz CT molecular complexity index is 384. The van der Waals surface area contributed by atoms with Crippen molar-refractivity contribution in [3.05, 3.63) is 23.9 Å². The number of pyridine rings is 1. The summed E-state index contributed by atoms with van der Waals surface area (Å²) in [6.45, 7) is 1.89. The zero-order valence-electron chi connectivity index (χ0n) is 10.2. The summed E-state index contributed by atoms with van der Waals surface area (Å²) >= 11 is 0. The van der Waals surface area contributed by atoms with E-state index in [1.165, 1.54) is 6.20 Å². The van der Waals surface area contributed by atoms with Crippen molar-refractivity contribution < 1.29 is 19.4 Å². The first-order valence-corrected chi connectivity index (χ1v) is 5.41. The molecule has 1 rings (SSSR count). The zero-order valence-corrected chi connectivity index (χ0v) is 10.2. The predicted molar refractivity (Wildman–Crippen MR) is 64.9 cm³/mol. The summed E-state index contributed by atoms with van der Waals surface area (Å²) in [5.41, 5.74) is 6.00. The fourth-order valence-corrected chi connectivity index (χ4v) is 1.15. The molecule has 1 aromatic rings. The predicted octanol–water partition coefficient (Wildman–Crippen LogP) is 0.218. The van der Waals surface area contributed by atoms with Gasteiger partial charge in [-0.2, -0.15) is 0 Å². The summed E-state index contributed by atoms with van der Waals surface area (Å²) in [7, 11) is 1.61. The average Bonchev–Trinajstić information content (AvgIpc) is 2.42. The smallest absolute Gasteiger partial charge is 0.213 e. The average molecular weight is 255 g/mol. The number of nitrogens with two attached hydrogens (primary N) is 1. The van der Waals surface area contributed by atoms with Crippen molar-refractivity contribution in [3.63, 3.8) is 0 Å². The molecule has 7 heteroatoms. The van der Waals surface area contributed by atoms with E-state index in [-0.39, 0.29) is 5.84 Å². The van der Waals surface area contributed by atoms with Crippen LogP contribution in [0.3, 0.4) is 0 Å². The molecule has 0 aliphatic carbocycles. The van der Waals surface area contributed by atoms with Gasteiger partial charge < -0.3 is 25.2 Å². The third-order valence-corrected chi connectivity index (χ3v) is 2.05. The summed E-state index contributed by atoms with van der Waals surface area (Å²) < 4.78 is 15.4. The molecule has 0 spiro atoms. The zero-order chi connectivity index (χ0) is 13.2. The first-order valence-electron chi connectivity index (χ1n) is 5.41. The number of oxime groups is 1. The van der Waals surface area contributed by atoms with Gasteiger partial charge in [-0.15, -0.1) is 0 Å². The van der Waals surface area contributed by atoms with Crippen LogP contribution in [0.1, 0.15) is 5.56 Å². The van der Waals surface area contributed by atoms with Gasteiger partial charge in [-0.1, -0.05) is 5.16 Å². The molecule has 0 radical (unpaired) electrons. The molecule has 0 bridgehead atoms. The molecule has 0 aromatic carbocycles. The van der Waals surface area contributed by atoms with Gasteiger partial charge in [0.1, 0.15) is 6.61 Å². The number of amidine groups is 1. The van der Waals surface area contributed by atoms with Gasteiger partial charge in [0.2, 0.25) is 5.88 Å². The molecule has 0 fully saturated rings. The van der Waals surface area contributed by atoms with Crippen LogP contribution in [0.2, 0.25) is 0 Å². The lowest BCUT2D eigenvalue weighted by atomic mass is 10.2. The Morgan fingerprint density at radius 3 is 2.89 bits per heavy atom. The van der Waals surface area contributed by atoms with Crippen LogP contribution >= 0.6 is 0 Å². The number of hydrogen-bond donors (Lipinski definition) is 2. The molecule has 0 amide bonds. The third kappa shape index (κ3) is 4.98. The minimum atomic E-state index is 0.0126. The van der Waals surface area contributed by atoms with Crippen molar-refractivity contribution in [3.8, 4) is 5.88 Å². The number of ether oxygens (including phenoxy) is 3. The molecule has 0 saturated heterocycles. The van der Waals surface area contributed by atoms with E-state index in [0.29, 0.717) is 37.9 Å². The normalized spacial score (nSPS) is 11.5. The van der Waals surface area contributed by atoms with E-state index in [9.17, 15) is 0 Å². The summed E-state index contributed by atoms with van der Waals surface area (Å²) in [6, 6.07) is 3.21. The van der Waals surface area contributed by atoms with Gasteiger partial charge in [0.25, 0.3) is 0 Å². The lowest BCUT2D eigenvalue weighted by Gasteiger charge is -2.07. The van der Waals surface area contributed by atoms with E-state index in [1.54, 1.807) is 19.2 Å². The maximum Gasteiger partial charge on any atom is 0.213 e. The van der Waals surface area contributed by atoms with Crippen molar-refractivity contribution in [2.45, 2.75) is 0 Å². The molecular formula is C11H17N3O4. The van der Waals surface area contributed by atoms with Crippen molar-refractivity contribution in [1.82, 2.24) is 4.98 Å². The van der Waals surface area contributed by atoms with Crippen LogP contribution in [0.5, 0.6) is 5.88 Å². The van der Waals surface area contributed by atoms with Crippen molar-refractivity contribution in [2.75, 3.05) is 33.5 Å². The molecule has 100 valence electrons. The van der Waals surface area contributed by atoms with Crippen LogP contribution < -0.4 is 10.5 Å². The van der Waals surface area contributed by atoms with Crippen LogP contribution in [-0.4, -0.2) is 49.6 Å². The summed E-state index contributed by atoms with van der Waals surface area (Å²) in [6.07, 6.45) is 1.52. The van der Waals surface area contributed by atoms with Crippen LogP contribution in [0.25, 0.3) is 0 Å². The second-order valence-electron chi connectivity index (χ2n) is 3.32. The van der Waals surface area contributed by atoms with Gasteiger partial charge >= 0.3 is 0 Å². The molecule has 3 N–H and O–H groups in total. The molecule has 18 heavy (non-hydrogen) atoms. The number of nitrogens with zero attached hydrogens (tertiary/aromatic N) is 2. The van der Waals surface area contributed by atoms with Gasteiger partial charge in [-0.3, -0.25) is 0 Å². The molecule has 0 atom stereocenters. The molecular weight excluding hydrogens is 238 g/mol. The fourth-order valence-electron chi connectivity index (χ4n) is 1.15. The Labute approximate surface area is 105 Å². The quantitative estimate of drug-likeness (QED) is 0.226. The maximum atomic E-state index is 8.55. The highest BCUT2D eigenvalue weighted by Gasteiger charge is 2.02. The van der Waals surface area contributed by atoms with E-state index in [1.807, 2.05) is 0 Å². The lowest BCUT2D eigenvalue weighted by Crippen LogP contribution is -2.14. The van der Waals surface area contributed by atoms with Gasteiger partial charge in [0.15, 0.2) is 5.84 Å². The molecule has 0 saturated carbocycles. The van der Waals surface area contributed by atoms with E-state index in [0.717, 1.165) is 0 Å². The van der Waals surface area contributed by atoms with Crippen LogP contribution in [0, 0.1) is 0 Å². The van der Waals surface area contributed by atoms with Gasteiger partial charge in [-0.05, 0) is 6.07 Å². The summed E-state index contributed by atoms with van der Waals surface area (Å²) in [4.78, 5) is 4.00. The largest absolute Gasteiger partial charge is 0.475 e. The first-order chi connectivity index (χ1) is 8.77. The fraction of sp³-hybridized carbons (Fsp3) is 0.455. The topological polar surface area (TPSA) is 99.2 Å². The number of aromatic nitrogens is 1. The van der Waals surface area contributed by atoms with E-state index < -0.39 is 0 Å². The Kier molecular flexibility index (Phi) is 6.52. The Morgan fingerprint density at radius 1 is 1.39 bits per heavy atom. The molecule has 0 aliphatic rings. The van der Waals surface area contributed by atoms with Crippen molar-refractivity contribution in [2.24, 2.45) is 10.9 Å². The molecule has 7 nitrogen and oxygen atoms in total. The number of hydrogen-bond acceptors (Lipinski definition) is 6. The Balaban J connectivity index is 2.34. The maximum absolute atomic E-state index is 8.55. The molecule has 0 unspecified atom stereocenters. The SMILES string of the molecule is COCCOCCOc1cc(/C(N)=N/O)ccn1. The second kappa shape index (κ2) is 8.26. The monoisotopic (exact) mass is 255 g/mol. The standard InChI is InChI=1S/C11H17N3O4/c1-16-4-5-17-6-7-18-10-8-9(2-3-13-10)11(12)14-15/h2-3,8,15H,4-7H2,1H3,(H2,12,14). The van der Waals surface area contributed by atoms with Crippen molar-refractivity contribution >= 4 is 5.84 Å². The van der Waals surface area contributed by atoms with Crippen LogP contribution in [0.4, 0.5) is 0 Å². The van der Waals surface area contributed by atoms with E-state index >= 15 is 0 Å². The summed E-state index contributed by atoms with van der Waals surface area (Å²) in [5.74, 6) is 0.410. The highest BCUT2D eigenvalue weighted by Crippen LogP contribution is 2.08. The first kappa shape index (κ1) is 14.2. The Morgan fingerprint density at radius 2 is 2.17 bits per heavy atom. The second-order valence-corrected chi connectivity index (χ2v) is 3.32. The van der Waals surface area contributed by atoms with Gasteiger partial charge in [0.05, 0.1) is 19.8 Å². The highest BCUT2D eigenvalue weighted by atomic mass is 16.5. The van der Waals surface area contributed by atoms with Crippen molar-refractivity contribution in [1.29, 1.82) is 0 Å². The molecule has 0 aliphatic heterocycles. The minimum absolute atomic E-state index is 0.0126. The van der Waals surface area contributed by atoms with E-state index in [4.69, 9.17) is 25.2 Å². The highest BCUT2D eigenvalue weighted by molar-refractivity contribution is 5.97. The third-order valence-electron chi connectivity index (χ3n) is 2.05. The minimum Gasteiger partial charge on any atom is -0.475 e. The van der Waals surface area contributed by atoms with Crippen LogP contribution in [0.15, 0.2) is 23.5 Å².